The summed E-state index contributed by atoms with van der Waals surface area (Å²) in [4.78, 5) is 13.5. The van der Waals surface area contributed by atoms with E-state index in [-0.39, 0.29) is 12.7 Å². The standard InChI is InChI=1S/C14H14ClNO3/c1-2-9-18-13-10-11(5-6-12(13)15)19-14(17)16-7-3-4-8-16/h1,5-6,10H,3-4,7-9H2. The second kappa shape index (κ2) is 6.35. The van der Waals surface area contributed by atoms with E-state index in [1.807, 2.05) is 0 Å². The molecule has 0 atom stereocenters. The summed E-state index contributed by atoms with van der Waals surface area (Å²) in [6.07, 6.45) is 6.81. The largest absolute Gasteiger partial charge is 0.479 e. The molecule has 4 nitrogen and oxygen atoms in total. The van der Waals surface area contributed by atoms with E-state index in [1.54, 1.807) is 23.1 Å². The molecule has 5 heteroatoms. The Hall–Kier alpha value is -1.86. The summed E-state index contributed by atoms with van der Waals surface area (Å²) in [7, 11) is 0. The van der Waals surface area contributed by atoms with Gasteiger partial charge in [-0.05, 0) is 25.0 Å². The molecule has 1 saturated heterocycles. The fourth-order valence-corrected chi connectivity index (χ4v) is 2.01. The zero-order valence-corrected chi connectivity index (χ0v) is 11.2. The normalized spacial score (nSPS) is 14.0. The molecule has 1 aromatic carbocycles. The molecule has 100 valence electrons. The molecule has 0 aromatic heterocycles. The molecule has 0 N–H and O–H groups in total. The molecule has 1 fully saturated rings. The number of benzene rings is 1. The summed E-state index contributed by atoms with van der Waals surface area (Å²) in [5.74, 6) is 3.16. The van der Waals surface area contributed by atoms with Crippen LogP contribution in [0.25, 0.3) is 0 Å². The van der Waals surface area contributed by atoms with Crippen LogP contribution >= 0.6 is 11.6 Å². The second-order valence-corrected chi connectivity index (χ2v) is 4.55. The van der Waals surface area contributed by atoms with Crippen LogP contribution in [0.1, 0.15) is 12.8 Å². The predicted octanol–water partition coefficient (Wildman–Crippen LogP) is 2.95. The Kier molecular flexibility index (Phi) is 4.53. The van der Waals surface area contributed by atoms with Crippen LogP contribution in [-0.4, -0.2) is 30.7 Å². The van der Waals surface area contributed by atoms with Gasteiger partial charge in [-0.15, -0.1) is 6.42 Å². The third kappa shape index (κ3) is 3.55. The molecule has 1 aliphatic heterocycles. The minimum absolute atomic E-state index is 0.114. The first-order chi connectivity index (χ1) is 9.20. The Morgan fingerprint density at radius 1 is 1.42 bits per heavy atom. The maximum atomic E-state index is 11.8. The predicted molar refractivity (Wildman–Crippen MR) is 72.6 cm³/mol. The number of amides is 1. The fourth-order valence-electron chi connectivity index (χ4n) is 1.84. The third-order valence-corrected chi connectivity index (χ3v) is 3.10. The van der Waals surface area contributed by atoms with Gasteiger partial charge in [-0.3, -0.25) is 0 Å². The van der Waals surface area contributed by atoms with Crippen LogP contribution in [0.5, 0.6) is 11.5 Å². The highest BCUT2D eigenvalue weighted by atomic mass is 35.5. The molecule has 0 bridgehead atoms. The summed E-state index contributed by atoms with van der Waals surface area (Å²) >= 11 is 5.95. The van der Waals surface area contributed by atoms with Crippen LogP contribution < -0.4 is 9.47 Å². The average molecular weight is 280 g/mol. The number of hydrogen-bond acceptors (Lipinski definition) is 3. The number of carbonyl (C=O) groups excluding carboxylic acids is 1. The van der Waals surface area contributed by atoms with E-state index in [0.29, 0.717) is 16.5 Å². The quantitative estimate of drug-likeness (QED) is 0.799. The highest BCUT2D eigenvalue weighted by Gasteiger charge is 2.20. The number of hydrogen-bond donors (Lipinski definition) is 0. The van der Waals surface area contributed by atoms with Crippen LogP contribution in [0.2, 0.25) is 5.02 Å². The minimum Gasteiger partial charge on any atom is -0.479 e. The van der Waals surface area contributed by atoms with Gasteiger partial charge < -0.3 is 14.4 Å². The van der Waals surface area contributed by atoms with Gasteiger partial charge in [-0.1, -0.05) is 17.5 Å². The molecular formula is C14H14ClNO3. The summed E-state index contributed by atoms with van der Waals surface area (Å²) in [5, 5.41) is 0.427. The second-order valence-electron chi connectivity index (χ2n) is 4.15. The molecule has 0 unspecified atom stereocenters. The summed E-state index contributed by atoms with van der Waals surface area (Å²) in [6, 6.07) is 4.80. The van der Waals surface area contributed by atoms with Crippen molar-refractivity contribution >= 4 is 17.7 Å². The monoisotopic (exact) mass is 279 g/mol. The van der Waals surface area contributed by atoms with Gasteiger partial charge in [-0.2, -0.15) is 0 Å². The van der Waals surface area contributed by atoms with Crippen LogP contribution in [-0.2, 0) is 0 Å². The van der Waals surface area contributed by atoms with Crippen LogP contribution in [0, 0.1) is 12.3 Å². The van der Waals surface area contributed by atoms with Crippen molar-refractivity contribution < 1.29 is 14.3 Å². The van der Waals surface area contributed by atoms with Gasteiger partial charge in [-0.25, -0.2) is 4.79 Å². The van der Waals surface area contributed by atoms with Crippen LogP contribution in [0.3, 0.4) is 0 Å². The average Bonchev–Trinajstić information content (AvgIpc) is 2.93. The maximum absolute atomic E-state index is 11.8. The number of halogens is 1. The topological polar surface area (TPSA) is 38.8 Å². The van der Waals surface area contributed by atoms with Crippen molar-refractivity contribution in [3.05, 3.63) is 23.2 Å². The van der Waals surface area contributed by atoms with Crippen molar-refractivity contribution in [1.29, 1.82) is 0 Å². The number of rotatable bonds is 3. The van der Waals surface area contributed by atoms with E-state index in [1.165, 1.54) is 0 Å². The van der Waals surface area contributed by atoms with E-state index in [4.69, 9.17) is 27.5 Å². The van der Waals surface area contributed by atoms with Crippen LogP contribution in [0.15, 0.2) is 18.2 Å². The molecule has 1 aromatic rings. The lowest BCUT2D eigenvalue weighted by Gasteiger charge is -2.15. The van der Waals surface area contributed by atoms with E-state index < -0.39 is 0 Å². The van der Waals surface area contributed by atoms with Crippen LogP contribution in [0.4, 0.5) is 4.79 Å². The number of likely N-dealkylation sites (tertiary alicyclic amines) is 1. The fraction of sp³-hybridized carbons (Fsp3) is 0.357. The molecule has 19 heavy (non-hydrogen) atoms. The Balaban J connectivity index is 2.03. The molecule has 1 amide bonds. The minimum atomic E-state index is -0.345. The van der Waals surface area contributed by atoms with E-state index in [2.05, 4.69) is 5.92 Å². The van der Waals surface area contributed by atoms with E-state index in [9.17, 15) is 4.79 Å². The molecule has 0 aliphatic carbocycles. The van der Waals surface area contributed by atoms with Gasteiger partial charge in [0.25, 0.3) is 0 Å². The van der Waals surface area contributed by atoms with E-state index in [0.717, 1.165) is 25.9 Å². The van der Waals surface area contributed by atoms with Crippen molar-refractivity contribution in [2.75, 3.05) is 19.7 Å². The molecule has 1 heterocycles. The molecule has 2 rings (SSSR count). The zero-order valence-electron chi connectivity index (χ0n) is 10.4. The summed E-state index contributed by atoms with van der Waals surface area (Å²) in [5.41, 5.74) is 0. The number of terminal acetylenes is 1. The lowest BCUT2D eigenvalue weighted by atomic mass is 10.3. The highest BCUT2D eigenvalue weighted by Crippen LogP contribution is 2.29. The SMILES string of the molecule is C#CCOc1cc(OC(=O)N2CCCC2)ccc1Cl. The number of carbonyl (C=O) groups is 1. The van der Waals surface area contributed by atoms with Crippen molar-refractivity contribution in [2.24, 2.45) is 0 Å². The van der Waals surface area contributed by atoms with Gasteiger partial charge in [0.2, 0.25) is 0 Å². The Bertz CT molecular complexity index is 504. The third-order valence-electron chi connectivity index (χ3n) is 2.78. The first-order valence-corrected chi connectivity index (χ1v) is 6.41. The molecule has 0 saturated carbocycles. The van der Waals surface area contributed by atoms with Gasteiger partial charge in [0.1, 0.15) is 18.1 Å². The Morgan fingerprint density at radius 3 is 2.84 bits per heavy atom. The van der Waals surface area contributed by atoms with Gasteiger partial charge >= 0.3 is 6.09 Å². The summed E-state index contributed by atoms with van der Waals surface area (Å²) in [6.45, 7) is 1.60. The van der Waals surface area contributed by atoms with Gasteiger partial charge in [0.05, 0.1) is 5.02 Å². The molecular weight excluding hydrogens is 266 g/mol. The van der Waals surface area contributed by atoms with E-state index >= 15 is 0 Å². The van der Waals surface area contributed by atoms with Crippen molar-refractivity contribution in [3.8, 4) is 23.8 Å². The van der Waals surface area contributed by atoms with Crippen molar-refractivity contribution in [1.82, 2.24) is 4.90 Å². The lowest BCUT2D eigenvalue weighted by molar-refractivity contribution is 0.162. The Labute approximate surface area is 117 Å². The van der Waals surface area contributed by atoms with Crippen molar-refractivity contribution in [3.63, 3.8) is 0 Å². The van der Waals surface area contributed by atoms with Crippen molar-refractivity contribution in [2.45, 2.75) is 12.8 Å². The number of ether oxygens (including phenoxy) is 2. The first-order valence-electron chi connectivity index (χ1n) is 6.03. The Morgan fingerprint density at radius 2 is 2.16 bits per heavy atom. The smallest absolute Gasteiger partial charge is 0.415 e. The maximum Gasteiger partial charge on any atom is 0.415 e. The molecule has 1 aliphatic rings. The zero-order chi connectivity index (χ0) is 13.7. The number of nitrogens with zero attached hydrogens (tertiary/aromatic N) is 1. The first kappa shape index (κ1) is 13.6. The lowest BCUT2D eigenvalue weighted by Crippen LogP contribution is -2.30. The summed E-state index contributed by atoms with van der Waals surface area (Å²) < 4.78 is 10.5. The molecule has 0 radical (unpaired) electrons. The molecule has 0 spiro atoms. The highest BCUT2D eigenvalue weighted by molar-refractivity contribution is 6.32. The van der Waals surface area contributed by atoms with Gasteiger partial charge in [0, 0.05) is 19.2 Å². The van der Waals surface area contributed by atoms with Gasteiger partial charge in [0.15, 0.2) is 0 Å².